The Balaban J connectivity index is 1.37. The number of thiophene rings is 1. The third-order valence-corrected chi connectivity index (χ3v) is 6.20. The van der Waals surface area contributed by atoms with Gasteiger partial charge in [0.2, 0.25) is 0 Å². The molecule has 1 amide bonds. The van der Waals surface area contributed by atoms with Gasteiger partial charge in [0.15, 0.2) is 0 Å². The van der Waals surface area contributed by atoms with Gasteiger partial charge in [-0.3, -0.25) is 10.2 Å². The van der Waals surface area contributed by atoms with Crippen molar-refractivity contribution in [2.75, 3.05) is 13.1 Å². The third-order valence-electron chi connectivity index (χ3n) is 4.97. The van der Waals surface area contributed by atoms with E-state index in [0.717, 1.165) is 42.9 Å². The standard InChI is InChI=1S/C21H22ClN5OS/c22-19-9-8-18(29-19)21(28)24-12-16-13-27(14-25-16)17-6-4-15(5-7-17)20(23)26-10-2-1-3-11-26/h4-9,13-14,23H,1-3,10-12H2,(H,24,28). The molecule has 0 saturated carbocycles. The van der Waals surface area contributed by atoms with Crippen LogP contribution in [-0.2, 0) is 6.54 Å². The van der Waals surface area contributed by atoms with Gasteiger partial charge in [0.05, 0.1) is 27.8 Å². The summed E-state index contributed by atoms with van der Waals surface area (Å²) in [5, 5.41) is 11.3. The van der Waals surface area contributed by atoms with Crippen LogP contribution >= 0.6 is 22.9 Å². The second-order valence-electron chi connectivity index (χ2n) is 7.00. The van der Waals surface area contributed by atoms with Crippen molar-refractivity contribution in [3.05, 3.63) is 69.4 Å². The van der Waals surface area contributed by atoms with Gasteiger partial charge < -0.3 is 14.8 Å². The molecule has 0 atom stereocenters. The smallest absolute Gasteiger partial charge is 0.261 e. The number of amidine groups is 1. The Bertz CT molecular complexity index is 1000. The van der Waals surface area contributed by atoms with Crippen molar-refractivity contribution in [3.8, 4) is 5.69 Å². The first kappa shape index (κ1) is 19.7. The fourth-order valence-corrected chi connectivity index (χ4v) is 4.34. The van der Waals surface area contributed by atoms with Crippen molar-refractivity contribution < 1.29 is 4.79 Å². The zero-order chi connectivity index (χ0) is 20.2. The summed E-state index contributed by atoms with van der Waals surface area (Å²) >= 11 is 7.13. The fraction of sp³-hybridized carbons (Fsp3) is 0.286. The number of carbonyl (C=O) groups is 1. The van der Waals surface area contributed by atoms with Crippen molar-refractivity contribution in [2.45, 2.75) is 25.8 Å². The molecule has 1 fully saturated rings. The summed E-state index contributed by atoms with van der Waals surface area (Å²) in [5.74, 6) is 0.441. The molecular weight excluding hydrogens is 406 g/mol. The second-order valence-corrected chi connectivity index (χ2v) is 8.72. The Hall–Kier alpha value is -2.64. The number of rotatable bonds is 5. The average Bonchev–Trinajstić information content (AvgIpc) is 3.41. The number of hydrogen-bond acceptors (Lipinski definition) is 4. The predicted octanol–water partition coefficient (Wildman–Crippen LogP) is 4.33. The second kappa shape index (κ2) is 8.80. The Labute approximate surface area is 178 Å². The van der Waals surface area contributed by atoms with E-state index in [1.165, 1.54) is 17.8 Å². The molecule has 1 aliphatic rings. The van der Waals surface area contributed by atoms with Crippen molar-refractivity contribution in [1.82, 2.24) is 19.8 Å². The molecule has 1 saturated heterocycles. The Morgan fingerprint density at radius 1 is 1.14 bits per heavy atom. The molecule has 0 unspecified atom stereocenters. The maximum atomic E-state index is 12.1. The lowest BCUT2D eigenvalue weighted by molar-refractivity contribution is 0.0954. The minimum atomic E-state index is -0.156. The Morgan fingerprint density at radius 2 is 1.90 bits per heavy atom. The number of nitrogens with one attached hydrogen (secondary N) is 2. The third kappa shape index (κ3) is 4.68. The van der Waals surface area contributed by atoms with Crippen LogP contribution in [0.1, 0.15) is 40.2 Å². The SMILES string of the molecule is N=C(c1ccc(-n2cnc(CNC(=O)c3ccc(Cl)s3)c2)cc1)N1CCCCC1. The van der Waals surface area contributed by atoms with E-state index in [4.69, 9.17) is 17.0 Å². The number of benzene rings is 1. The number of likely N-dealkylation sites (tertiary alicyclic amines) is 1. The molecule has 0 radical (unpaired) electrons. The van der Waals surface area contributed by atoms with E-state index in [9.17, 15) is 4.79 Å². The molecule has 8 heteroatoms. The molecule has 150 valence electrons. The molecule has 3 heterocycles. The topological polar surface area (TPSA) is 74.0 Å². The van der Waals surface area contributed by atoms with Crippen LogP contribution in [0.4, 0.5) is 0 Å². The van der Waals surface area contributed by atoms with Crippen molar-refractivity contribution in [3.63, 3.8) is 0 Å². The van der Waals surface area contributed by atoms with E-state index in [1.807, 2.05) is 35.0 Å². The normalized spacial score (nSPS) is 14.0. The van der Waals surface area contributed by atoms with Crippen molar-refractivity contribution >= 4 is 34.7 Å². The van der Waals surface area contributed by atoms with Crippen LogP contribution in [0, 0.1) is 5.41 Å². The maximum absolute atomic E-state index is 12.1. The maximum Gasteiger partial charge on any atom is 0.261 e. The number of halogens is 1. The zero-order valence-electron chi connectivity index (χ0n) is 15.9. The quantitative estimate of drug-likeness (QED) is 0.470. The zero-order valence-corrected chi connectivity index (χ0v) is 17.5. The summed E-state index contributed by atoms with van der Waals surface area (Å²) in [7, 11) is 0. The van der Waals surface area contributed by atoms with Crippen LogP contribution in [0.5, 0.6) is 0 Å². The molecule has 1 aromatic carbocycles. The minimum Gasteiger partial charge on any atom is -0.357 e. The number of amides is 1. The van der Waals surface area contributed by atoms with Gasteiger partial charge in [-0.2, -0.15) is 0 Å². The Kier molecular flexibility index (Phi) is 5.97. The Morgan fingerprint density at radius 3 is 2.59 bits per heavy atom. The van der Waals surface area contributed by atoms with E-state index < -0.39 is 0 Å². The summed E-state index contributed by atoms with van der Waals surface area (Å²) in [6.45, 7) is 2.28. The summed E-state index contributed by atoms with van der Waals surface area (Å²) in [6, 6.07) is 11.4. The summed E-state index contributed by atoms with van der Waals surface area (Å²) < 4.78 is 2.51. The van der Waals surface area contributed by atoms with Gasteiger partial charge in [-0.1, -0.05) is 11.6 Å². The van der Waals surface area contributed by atoms with Crippen molar-refractivity contribution in [1.29, 1.82) is 5.41 Å². The molecule has 2 aromatic heterocycles. The largest absolute Gasteiger partial charge is 0.357 e. The number of carbonyl (C=O) groups excluding carboxylic acids is 1. The molecule has 0 spiro atoms. The van der Waals surface area contributed by atoms with Crippen LogP contribution < -0.4 is 5.32 Å². The summed E-state index contributed by atoms with van der Waals surface area (Å²) in [5.41, 5.74) is 2.67. The number of piperidine rings is 1. The molecule has 2 N–H and O–H groups in total. The van der Waals surface area contributed by atoms with E-state index in [-0.39, 0.29) is 5.91 Å². The van der Waals surface area contributed by atoms with Gasteiger partial charge in [-0.05, 0) is 55.7 Å². The molecule has 29 heavy (non-hydrogen) atoms. The lowest BCUT2D eigenvalue weighted by atomic mass is 10.1. The van der Waals surface area contributed by atoms with E-state index in [0.29, 0.717) is 21.6 Å². The van der Waals surface area contributed by atoms with E-state index in [2.05, 4.69) is 15.2 Å². The molecule has 6 nitrogen and oxygen atoms in total. The van der Waals surface area contributed by atoms with Crippen molar-refractivity contribution in [2.24, 2.45) is 0 Å². The first-order valence-electron chi connectivity index (χ1n) is 9.61. The summed E-state index contributed by atoms with van der Waals surface area (Å²) in [6.07, 6.45) is 7.21. The van der Waals surface area contributed by atoms with Crippen LogP contribution in [0.2, 0.25) is 4.34 Å². The lowest BCUT2D eigenvalue weighted by Gasteiger charge is -2.29. The monoisotopic (exact) mass is 427 g/mol. The van der Waals surface area contributed by atoms with Crippen LogP contribution in [-0.4, -0.2) is 39.3 Å². The number of imidazole rings is 1. The van der Waals surface area contributed by atoms with Crippen LogP contribution in [0.15, 0.2) is 48.9 Å². The van der Waals surface area contributed by atoms with Gasteiger partial charge in [0.1, 0.15) is 5.84 Å². The van der Waals surface area contributed by atoms with Gasteiger partial charge in [0.25, 0.3) is 5.91 Å². The fourth-order valence-electron chi connectivity index (χ4n) is 3.38. The first-order valence-corrected chi connectivity index (χ1v) is 10.8. The molecule has 0 aliphatic carbocycles. The van der Waals surface area contributed by atoms with Gasteiger partial charge in [-0.25, -0.2) is 4.98 Å². The molecule has 0 bridgehead atoms. The molecule has 3 aromatic rings. The lowest BCUT2D eigenvalue weighted by Crippen LogP contribution is -2.35. The minimum absolute atomic E-state index is 0.156. The van der Waals surface area contributed by atoms with E-state index in [1.54, 1.807) is 18.5 Å². The highest BCUT2D eigenvalue weighted by molar-refractivity contribution is 7.17. The molecule has 1 aliphatic heterocycles. The highest BCUT2D eigenvalue weighted by atomic mass is 35.5. The summed E-state index contributed by atoms with van der Waals surface area (Å²) in [4.78, 5) is 19.2. The average molecular weight is 428 g/mol. The van der Waals surface area contributed by atoms with Gasteiger partial charge in [0, 0.05) is 30.5 Å². The molecular formula is C21H22ClN5OS. The number of nitrogens with zero attached hydrogens (tertiary/aromatic N) is 3. The molecule has 4 rings (SSSR count). The highest BCUT2D eigenvalue weighted by Gasteiger charge is 2.15. The van der Waals surface area contributed by atoms with Crippen LogP contribution in [0.3, 0.4) is 0 Å². The predicted molar refractivity (Wildman–Crippen MR) is 116 cm³/mol. The van der Waals surface area contributed by atoms with E-state index >= 15 is 0 Å². The number of aromatic nitrogens is 2. The first-order chi connectivity index (χ1) is 14.1. The van der Waals surface area contributed by atoms with Gasteiger partial charge >= 0.3 is 0 Å². The van der Waals surface area contributed by atoms with Gasteiger partial charge in [-0.15, -0.1) is 11.3 Å². The highest BCUT2D eigenvalue weighted by Crippen LogP contribution is 2.21. The number of hydrogen-bond donors (Lipinski definition) is 2. The van der Waals surface area contributed by atoms with Crippen LogP contribution in [0.25, 0.3) is 5.69 Å².